The molecule has 178 valence electrons. The van der Waals surface area contributed by atoms with Crippen molar-refractivity contribution < 1.29 is 23.1 Å². The first-order valence-electron chi connectivity index (χ1n) is 11.2. The van der Waals surface area contributed by atoms with Crippen LogP contribution in [-0.2, 0) is 26.0 Å². The molecule has 0 bridgehead atoms. The van der Waals surface area contributed by atoms with Crippen LogP contribution in [0.25, 0.3) is 0 Å². The third kappa shape index (κ3) is 5.94. The Morgan fingerprint density at radius 2 is 1.73 bits per heavy atom. The minimum atomic E-state index is -3.61. The number of hydrogen-bond donors (Lipinski definition) is 1. The zero-order chi connectivity index (χ0) is 23.5. The lowest BCUT2D eigenvalue weighted by Gasteiger charge is -2.38. The fourth-order valence-electron chi connectivity index (χ4n) is 4.41. The molecule has 2 aliphatic rings. The quantitative estimate of drug-likeness (QED) is 0.642. The van der Waals surface area contributed by atoms with Crippen LogP contribution in [0.4, 0.5) is 0 Å². The summed E-state index contributed by atoms with van der Waals surface area (Å²) in [5.41, 5.74) is 0.281. The summed E-state index contributed by atoms with van der Waals surface area (Å²) in [4.78, 5) is 14.5. The van der Waals surface area contributed by atoms with Crippen LogP contribution in [0.15, 0.2) is 59.5 Å². The summed E-state index contributed by atoms with van der Waals surface area (Å²) in [5, 5.41) is 11.4. The molecular formula is C24H29ClN2O5S. The number of halogens is 1. The maximum absolute atomic E-state index is 12.8. The average molecular weight is 493 g/mol. The highest BCUT2D eigenvalue weighted by atomic mass is 35.5. The Labute approximate surface area is 200 Å². The zero-order valence-electron chi connectivity index (χ0n) is 18.4. The third-order valence-electron chi connectivity index (χ3n) is 6.42. The number of piperidine rings is 1. The van der Waals surface area contributed by atoms with E-state index in [0.717, 1.165) is 5.56 Å². The molecule has 2 aromatic carbocycles. The highest BCUT2D eigenvalue weighted by Crippen LogP contribution is 2.27. The molecule has 0 radical (unpaired) electrons. The van der Waals surface area contributed by atoms with Crippen LogP contribution in [0, 0.1) is 0 Å². The first-order valence-corrected chi connectivity index (χ1v) is 13.0. The molecule has 2 aliphatic heterocycles. The van der Waals surface area contributed by atoms with Crippen LogP contribution in [-0.4, -0.2) is 73.1 Å². The predicted octanol–water partition coefficient (Wildman–Crippen LogP) is 2.72. The Kier molecular flexibility index (Phi) is 7.40. The van der Waals surface area contributed by atoms with E-state index in [1.54, 1.807) is 17.0 Å². The summed E-state index contributed by atoms with van der Waals surface area (Å²) in [7, 11) is -3.61. The number of likely N-dealkylation sites (tertiary alicyclic amines) is 1. The van der Waals surface area contributed by atoms with Gasteiger partial charge < -0.3 is 14.7 Å². The fourth-order valence-corrected chi connectivity index (χ4v) is 6.03. The Morgan fingerprint density at radius 1 is 1.06 bits per heavy atom. The normalized spacial score (nSPS) is 21.3. The summed E-state index contributed by atoms with van der Waals surface area (Å²) < 4.78 is 32.7. The van der Waals surface area contributed by atoms with Crippen molar-refractivity contribution in [2.45, 2.75) is 42.3 Å². The van der Waals surface area contributed by atoms with Gasteiger partial charge in [-0.05, 0) is 49.1 Å². The summed E-state index contributed by atoms with van der Waals surface area (Å²) in [6.07, 6.45) is 1.83. The zero-order valence-corrected chi connectivity index (χ0v) is 20.0. The van der Waals surface area contributed by atoms with Crippen molar-refractivity contribution in [1.29, 1.82) is 0 Å². The molecule has 0 aromatic heterocycles. The topological polar surface area (TPSA) is 87.2 Å². The first kappa shape index (κ1) is 24.2. The van der Waals surface area contributed by atoms with Gasteiger partial charge in [0, 0.05) is 37.6 Å². The van der Waals surface area contributed by atoms with Crippen molar-refractivity contribution in [2.24, 2.45) is 0 Å². The van der Waals surface area contributed by atoms with Gasteiger partial charge in [-0.25, -0.2) is 8.42 Å². The SMILES string of the molecule is O=C(COC1CCN(S(=O)(=O)c2ccc(Cl)cc2)C1)N1CCC(O)(Cc2ccccc2)CC1. The number of benzene rings is 2. The fraction of sp³-hybridized carbons (Fsp3) is 0.458. The van der Waals surface area contributed by atoms with Gasteiger partial charge in [0.25, 0.3) is 0 Å². The Balaban J connectivity index is 1.23. The van der Waals surface area contributed by atoms with Gasteiger partial charge in [-0.15, -0.1) is 0 Å². The molecule has 0 saturated carbocycles. The largest absolute Gasteiger partial charge is 0.389 e. The van der Waals surface area contributed by atoms with E-state index in [1.165, 1.54) is 16.4 Å². The molecule has 2 fully saturated rings. The number of hydrogen-bond acceptors (Lipinski definition) is 5. The standard InChI is InChI=1S/C24H29ClN2O5S/c25-20-6-8-22(9-7-20)33(30,31)27-13-10-21(17-27)32-18-23(28)26-14-11-24(29,12-15-26)16-19-4-2-1-3-5-19/h1-9,21,29H,10-18H2. The highest BCUT2D eigenvalue weighted by molar-refractivity contribution is 7.89. The number of ether oxygens (including phenoxy) is 1. The average Bonchev–Trinajstić information content (AvgIpc) is 3.29. The van der Waals surface area contributed by atoms with E-state index in [9.17, 15) is 18.3 Å². The number of amides is 1. The Morgan fingerprint density at radius 3 is 2.39 bits per heavy atom. The lowest BCUT2D eigenvalue weighted by atomic mass is 9.85. The van der Waals surface area contributed by atoms with E-state index in [-0.39, 0.29) is 30.1 Å². The van der Waals surface area contributed by atoms with Crippen molar-refractivity contribution >= 4 is 27.5 Å². The maximum atomic E-state index is 12.8. The van der Waals surface area contributed by atoms with Crippen molar-refractivity contribution in [3.63, 3.8) is 0 Å². The predicted molar refractivity (Wildman–Crippen MR) is 125 cm³/mol. The number of carbonyl (C=O) groups is 1. The summed E-state index contributed by atoms with van der Waals surface area (Å²) in [5.74, 6) is -0.129. The molecule has 0 aliphatic carbocycles. The molecule has 2 saturated heterocycles. The molecule has 2 aromatic rings. The number of sulfonamides is 1. The highest BCUT2D eigenvalue weighted by Gasteiger charge is 2.36. The van der Waals surface area contributed by atoms with E-state index in [4.69, 9.17) is 16.3 Å². The summed E-state index contributed by atoms with van der Waals surface area (Å²) in [6, 6.07) is 16.0. The van der Waals surface area contributed by atoms with E-state index < -0.39 is 15.6 Å². The van der Waals surface area contributed by atoms with Gasteiger partial charge in [-0.2, -0.15) is 4.31 Å². The molecule has 0 spiro atoms. The molecule has 1 unspecified atom stereocenters. The van der Waals surface area contributed by atoms with Crippen molar-refractivity contribution in [2.75, 3.05) is 32.8 Å². The van der Waals surface area contributed by atoms with E-state index in [1.807, 2.05) is 30.3 Å². The van der Waals surface area contributed by atoms with Crippen LogP contribution >= 0.6 is 11.6 Å². The molecule has 1 atom stereocenters. The first-order chi connectivity index (χ1) is 15.7. The van der Waals surface area contributed by atoms with Gasteiger partial charge in [0.2, 0.25) is 15.9 Å². The number of carbonyl (C=O) groups excluding carboxylic acids is 1. The van der Waals surface area contributed by atoms with E-state index in [2.05, 4.69) is 0 Å². The maximum Gasteiger partial charge on any atom is 0.248 e. The summed E-state index contributed by atoms with van der Waals surface area (Å²) >= 11 is 5.85. The van der Waals surface area contributed by atoms with Crippen molar-refractivity contribution in [3.8, 4) is 0 Å². The molecule has 1 amide bonds. The second-order valence-electron chi connectivity index (χ2n) is 8.81. The molecular weight excluding hydrogens is 464 g/mol. The minimum absolute atomic E-state index is 0.0867. The monoisotopic (exact) mass is 492 g/mol. The number of aliphatic hydroxyl groups is 1. The van der Waals surface area contributed by atoms with Gasteiger partial charge in [-0.3, -0.25) is 4.79 Å². The van der Waals surface area contributed by atoms with E-state index in [0.29, 0.717) is 50.3 Å². The second-order valence-corrected chi connectivity index (χ2v) is 11.2. The molecule has 4 rings (SSSR count). The number of nitrogens with zero attached hydrogens (tertiary/aromatic N) is 2. The van der Waals surface area contributed by atoms with Crippen LogP contribution < -0.4 is 0 Å². The van der Waals surface area contributed by atoms with Crippen LogP contribution in [0.5, 0.6) is 0 Å². The van der Waals surface area contributed by atoms with E-state index >= 15 is 0 Å². The van der Waals surface area contributed by atoms with Gasteiger partial charge in [0.05, 0.1) is 16.6 Å². The van der Waals surface area contributed by atoms with Gasteiger partial charge in [-0.1, -0.05) is 41.9 Å². The van der Waals surface area contributed by atoms with Gasteiger partial charge >= 0.3 is 0 Å². The molecule has 9 heteroatoms. The van der Waals surface area contributed by atoms with Gasteiger partial charge in [0.15, 0.2) is 0 Å². The Bertz CT molecular complexity index is 1050. The Hall–Kier alpha value is -1.97. The van der Waals surface area contributed by atoms with Crippen molar-refractivity contribution in [3.05, 3.63) is 65.2 Å². The lowest BCUT2D eigenvalue weighted by Crippen LogP contribution is -2.48. The second kappa shape index (κ2) is 10.1. The lowest BCUT2D eigenvalue weighted by molar-refractivity contribution is -0.142. The van der Waals surface area contributed by atoms with Crippen LogP contribution in [0.1, 0.15) is 24.8 Å². The van der Waals surface area contributed by atoms with Crippen LogP contribution in [0.2, 0.25) is 5.02 Å². The van der Waals surface area contributed by atoms with Gasteiger partial charge in [0.1, 0.15) is 6.61 Å². The third-order valence-corrected chi connectivity index (χ3v) is 8.56. The molecule has 7 nitrogen and oxygen atoms in total. The number of rotatable bonds is 7. The smallest absolute Gasteiger partial charge is 0.248 e. The molecule has 33 heavy (non-hydrogen) atoms. The molecule has 1 N–H and O–H groups in total. The summed E-state index contributed by atoms with van der Waals surface area (Å²) in [6.45, 7) is 1.44. The van der Waals surface area contributed by atoms with Crippen molar-refractivity contribution in [1.82, 2.24) is 9.21 Å². The molecule has 2 heterocycles. The van der Waals surface area contributed by atoms with Crippen LogP contribution in [0.3, 0.4) is 0 Å². The minimum Gasteiger partial charge on any atom is -0.389 e.